The Labute approximate surface area is 138 Å². The van der Waals surface area contributed by atoms with Crippen LogP contribution in [0.15, 0.2) is 0 Å². The van der Waals surface area contributed by atoms with Gasteiger partial charge in [0.15, 0.2) is 10.3 Å². The van der Waals surface area contributed by atoms with Crippen molar-refractivity contribution in [2.24, 2.45) is 5.41 Å². The molecule has 0 radical (unpaired) electrons. The van der Waals surface area contributed by atoms with Crippen molar-refractivity contribution in [2.45, 2.75) is 45.6 Å². The number of nitrogens with zero attached hydrogens (tertiary/aromatic N) is 2. The highest BCUT2D eigenvalue weighted by molar-refractivity contribution is 7.17. The Balaban J connectivity index is 1.67. The van der Waals surface area contributed by atoms with Gasteiger partial charge in [0.2, 0.25) is 0 Å². The van der Waals surface area contributed by atoms with E-state index in [0.29, 0.717) is 41.7 Å². The third-order valence-corrected chi connectivity index (χ3v) is 5.44. The number of rotatable bonds is 0. The second kappa shape index (κ2) is 5.20. The molecule has 1 aliphatic heterocycles. The van der Waals surface area contributed by atoms with Gasteiger partial charge in [0.25, 0.3) is 0 Å². The molecule has 1 spiro atoms. The van der Waals surface area contributed by atoms with E-state index in [1.807, 2.05) is 20.8 Å². The van der Waals surface area contributed by atoms with Crippen molar-refractivity contribution < 1.29 is 14.3 Å². The maximum absolute atomic E-state index is 12.7. The summed E-state index contributed by atoms with van der Waals surface area (Å²) in [5, 5.41) is 0. The van der Waals surface area contributed by atoms with E-state index in [9.17, 15) is 9.59 Å². The van der Waals surface area contributed by atoms with Crippen molar-refractivity contribution in [3.8, 4) is 0 Å². The van der Waals surface area contributed by atoms with Gasteiger partial charge in [-0.3, -0.25) is 4.79 Å². The number of carbonyl (C=O) groups is 2. The van der Waals surface area contributed by atoms with E-state index in [4.69, 9.17) is 16.3 Å². The van der Waals surface area contributed by atoms with Gasteiger partial charge >= 0.3 is 6.09 Å². The quantitative estimate of drug-likeness (QED) is 0.723. The monoisotopic (exact) mass is 342 g/mol. The lowest BCUT2D eigenvalue weighted by Gasteiger charge is -2.38. The molecule has 1 aromatic rings. The molecule has 5 nitrogen and oxygen atoms in total. The molecular weight excluding hydrogens is 324 g/mol. The van der Waals surface area contributed by atoms with Crippen molar-refractivity contribution in [2.75, 3.05) is 13.1 Å². The van der Waals surface area contributed by atoms with Crippen molar-refractivity contribution in [3.63, 3.8) is 0 Å². The number of ether oxygens (including phenoxy) is 1. The molecule has 0 atom stereocenters. The Kier molecular flexibility index (Phi) is 3.72. The highest BCUT2D eigenvalue weighted by Crippen LogP contribution is 2.46. The normalized spacial score (nSPS) is 20.4. The molecule has 0 unspecified atom stereocenters. The Morgan fingerprint density at radius 2 is 2.00 bits per heavy atom. The topological polar surface area (TPSA) is 59.5 Å². The molecule has 1 amide bonds. The number of likely N-dealkylation sites (tertiary alicyclic amines) is 1. The molecule has 0 aromatic carbocycles. The van der Waals surface area contributed by atoms with Crippen LogP contribution in [0.5, 0.6) is 0 Å². The van der Waals surface area contributed by atoms with Crippen molar-refractivity contribution in [1.29, 1.82) is 0 Å². The number of hydrogen-bond donors (Lipinski definition) is 0. The first-order valence-corrected chi connectivity index (χ1v) is 8.58. The number of ketones is 1. The lowest BCUT2D eigenvalue weighted by Crippen LogP contribution is -2.47. The number of carbonyl (C=O) groups excluding carboxylic acids is 2. The summed E-state index contributed by atoms with van der Waals surface area (Å²) in [5.74, 6) is 0.149. The lowest BCUT2D eigenvalue weighted by atomic mass is 9.76. The van der Waals surface area contributed by atoms with Crippen LogP contribution in [0.1, 0.15) is 49.0 Å². The van der Waals surface area contributed by atoms with Crippen LogP contribution >= 0.6 is 22.9 Å². The van der Waals surface area contributed by atoms with Crippen molar-refractivity contribution >= 4 is 34.8 Å². The molecule has 120 valence electrons. The summed E-state index contributed by atoms with van der Waals surface area (Å²) >= 11 is 7.15. The Bertz CT molecular complexity index is 627. The van der Waals surface area contributed by atoms with Gasteiger partial charge in [-0.1, -0.05) is 22.9 Å². The maximum Gasteiger partial charge on any atom is 0.410 e. The Morgan fingerprint density at radius 3 is 2.55 bits per heavy atom. The SMILES string of the molecule is CC(C)(C)OC(=O)N1CCC2(CC1)Cc1nc(Cl)sc1C2=O. The minimum absolute atomic E-state index is 0.149. The summed E-state index contributed by atoms with van der Waals surface area (Å²) in [5.41, 5.74) is -0.0666. The summed E-state index contributed by atoms with van der Waals surface area (Å²) < 4.78 is 5.82. The molecule has 0 N–H and O–H groups in total. The summed E-state index contributed by atoms with van der Waals surface area (Å²) in [6.45, 7) is 6.64. The first kappa shape index (κ1) is 15.7. The number of piperidine rings is 1. The van der Waals surface area contributed by atoms with Crippen LogP contribution in [0.25, 0.3) is 0 Å². The zero-order valence-corrected chi connectivity index (χ0v) is 14.5. The zero-order valence-electron chi connectivity index (χ0n) is 12.9. The van der Waals surface area contributed by atoms with E-state index in [0.717, 1.165) is 5.69 Å². The van der Waals surface area contributed by atoms with Gasteiger partial charge in [0, 0.05) is 24.9 Å². The molecule has 22 heavy (non-hydrogen) atoms. The van der Waals surface area contributed by atoms with Gasteiger partial charge in [0.05, 0.1) is 10.6 Å². The molecule has 1 fully saturated rings. The molecule has 1 aliphatic carbocycles. The molecule has 2 aliphatic rings. The average molecular weight is 343 g/mol. The fourth-order valence-corrected chi connectivity index (χ4v) is 4.31. The van der Waals surface area contributed by atoms with Crippen LogP contribution in [0.2, 0.25) is 4.47 Å². The minimum atomic E-state index is -0.500. The van der Waals surface area contributed by atoms with E-state index in [2.05, 4.69) is 4.98 Å². The van der Waals surface area contributed by atoms with Gasteiger partial charge in [0.1, 0.15) is 5.60 Å². The van der Waals surface area contributed by atoms with Crippen LogP contribution in [0.4, 0.5) is 4.79 Å². The summed E-state index contributed by atoms with van der Waals surface area (Å²) in [4.78, 5) is 31.4. The molecule has 2 heterocycles. The molecule has 3 rings (SSSR count). The van der Waals surface area contributed by atoms with Crippen LogP contribution in [-0.2, 0) is 11.2 Å². The van der Waals surface area contributed by atoms with Crippen LogP contribution < -0.4 is 0 Å². The second-order valence-corrected chi connectivity index (χ2v) is 8.58. The summed E-state index contributed by atoms with van der Waals surface area (Å²) in [6, 6.07) is 0. The molecule has 0 bridgehead atoms. The standard InChI is InChI=1S/C15H19ClN2O3S/c1-14(2,3)21-13(20)18-6-4-15(5-7-18)8-9-10(11(15)19)22-12(16)17-9/h4-8H2,1-3H3. The predicted octanol–water partition coefficient (Wildman–Crippen LogP) is 3.55. The van der Waals surface area contributed by atoms with Crippen LogP contribution in [-0.4, -0.2) is 40.5 Å². The first-order valence-electron chi connectivity index (χ1n) is 7.38. The maximum atomic E-state index is 12.7. The average Bonchev–Trinajstić information content (AvgIpc) is 2.86. The molecule has 1 aromatic heterocycles. The van der Waals surface area contributed by atoms with Gasteiger partial charge in [-0.05, 0) is 33.6 Å². The first-order chi connectivity index (χ1) is 10.2. The third-order valence-electron chi connectivity index (χ3n) is 4.24. The van der Waals surface area contributed by atoms with E-state index in [-0.39, 0.29) is 11.9 Å². The fourth-order valence-electron chi connectivity index (χ4n) is 3.11. The van der Waals surface area contributed by atoms with E-state index >= 15 is 0 Å². The number of amides is 1. The highest BCUT2D eigenvalue weighted by Gasteiger charge is 2.49. The molecule has 1 saturated heterocycles. The number of hydrogen-bond acceptors (Lipinski definition) is 5. The van der Waals surface area contributed by atoms with Gasteiger partial charge in [-0.2, -0.15) is 0 Å². The Morgan fingerprint density at radius 1 is 1.36 bits per heavy atom. The number of Topliss-reactive ketones (excluding diaryl/α,β-unsaturated/α-hetero) is 1. The molecule has 7 heteroatoms. The van der Waals surface area contributed by atoms with Crippen molar-refractivity contribution in [3.05, 3.63) is 15.0 Å². The van der Waals surface area contributed by atoms with Gasteiger partial charge < -0.3 is 9.64 Å². The Hall–Kier alpha value is -1.14. The lowest BCUT2D eigenvalue weighted by molar-refractivity contribution is 0.0113. The van der Waals surface area contributed by atoms with E-state index < -0.39 is 11.0 Å². The zero-order chi connectivity index (χ0) is 16.1. The summed E-state index contributed by atoms with van der Waals surface area (Å²) in [6.07, 6.45) is 1.66. The van der Waals surface area contributed by atoms with Crippen LogP contribution in [0, 0.1) is 5.41 Å². The fraction of sp³-hybridized carbons (Fsp3) is 0.667. The molecular formula is C15H19ClN2O3S. The highest BCUT2D eigenvalue weighted by atomic mass is 35.5. The number of halogens is 1. The third kappa shape index (κ3) is 2.74. The van der Waals surface area contributed by atoms with Gasteiger partial charge in [-0.15, -0.1) is 0 Å². The smallest absolute Gasteiger partial charge is 0.410 e. The van der Waals surface area contributed by atoms with Crippen LogP contribution in [0.3, 0.4) is 0 Å². The minimum Gasteiger partial charge on any atom is -0.444 e. The number of fused-ring (bicyclic) bond motifs is 1. The largest absolute Gasteiger partial charge is 0.444 e. The van der Waals surface area contributed by atoms with E-state index in [1.165, 1.54) is 11.3 Å². The number of aromatic nitrogens is 1. The van der Waals surface area contributed by atoms with E-state index in [1.54, 1.807) is 4.90 Å². The summed E-state index contributed by atoms with van der Waals surface area (Å²) in [7, 11) is 0. The van der Waals surface area contributed by atoms with Crippen molar-refractivity contribution in [1.82, 2.24) is 9.88 Å². The second-order valence-electron chi connectivity index (χ2n) is 7.00. The number of thiazole rings is 1. The predicted molar refractivity (Wildman–Crippen MR) is 84.6 cm³/mol. The van der Waals surface area contributed by atoms with Gasteiger partial charge in [-0.25, -0.2) is 9.78 Å². The molecule has 0 saturated carbocycles.